The number of hydrogen-bond acceptors (Lipinski definition) is 4. The van der Waals surface area contributed by atoms with E-state index < -0.39 is 11.8 Å². The van der Waals surface area contributed by atoms with Gasteiger partial charge in [0.2, 0.25) is 0 Å². The quantitative estimate of drug-likeness (QED) is 0.214. The molecule has 0 unspecified atom stereocenters. The Kier molecular flexibility index (Phi) is 8.87. The van der Waals surface area contributed by atoms with Crippen molar-refractivity contribution >= 4 is 63.3 Å². The molecule has 0 saturated heterocycles. The van der Waals surface area contributed by atoms with Crippen LogP contribution in [0, 0.1) is 5.41 Å². The Morgan fingerprint density at radius 3 is 2.07 bits per heavy atom. The summed E-state index contributed by atoms with van der Waals surface area (Å²) in [6.07, 6.45) is 3.47. The van der Waals surface area contributed by atoms with Crippen molar-refractivity contribution in [1.82, 2.24) is 14.5 Å². The standard InChI is InChI=1S/C18H22BrN7O3.ClH/c1-10(19)16(27)23-11-7-14(26(3)8-11)18(29)24-12-6-13(25(2)9-12)17(28)22-5-4-15(20)21;/h6-9H,1,4-5H2,2-3H3,(H3,20,21)(H,22,28)(H,23,27)(H,24,29);1H. The Balaban J connectivity index is 0.00000450. The Labute approximate surface area is 187 Å². The molecule has 12 heteroatoms. The van der Waals surface area contributed by atoms with Gasteiger partial charge in [-0.25, -0.2) is 0 Å². The molecular weight excluding hydrogens is 478 g/mol. The molecule has 2 heterocycles. The van der Waals surface area contributed by atoms with Crippen molar-refractivity contribution in [2.45, 2.75) is 6.42 Å². The van der Waals surface area contributed by atoms with Crippen molar-refractivity contribution in [3.63, 3.8) is 0 Å². The van der Waals surface area contributed by atoms with Gasteiger partial charge in [0.25, 0.3) is 17.7 Å². The van der Waals surface area contributed by atoms with Crippen molar-refractivity contribution in [2.24, 2.45) is 19.8 Å². The zero-order chi connectivity index (χ0) is 21.7. The van der Waals surface area contributed by atoms with Crippen molar-refractivity contribution < 1.29 is 14.4 Å². The molecule has 0 aromatic carbocycles. The third-order valence-corrected chi connectivity index (χ3v) is 4.28. The maximum atomic E-state index is 12.6. The minimum absolute atomic E-state index is 0. The number of nitrogens with zero attached hydrogens (tertiary/aromatic N) is 2. The predicted molar refractivity (Wildman–Crippen MR) is 122 cm³/mol. The first-order chi connectivity index (χ1) is 13.6. The van der Waals surface area contributed by atoms with Crippen LogP contribution in [0.15, 0.2) is 35.6 Å². The number of amides is 3. The summed E-state index contributed by atoms with van der Waals surface area (Å²) in [5, 5.41) is 15.2. The lowest BCUT2D eigenvalue weighted by Gasteiger charge is -2.04. The molecular formula is C18H23BrClN7O3. The number of nitrogens with one attached hydrogen (secondary N) is 4. The molecule has 2 aromatic heterocycles. The molecule has 0 aliphatic carbocycles. The van der Waals surface area contributed by atoms with E-state index in [-0.39, 0.29) is 41.6 Å². The third kappa shape index (κ3) is 6.49. The first-order valence-corrected chi connectivity index (χ1v) is 9.28. The van der Waals surface area contributed by atoms with Crippen LogP contribution in [0.5, 0.6) is 0 Å². The number of nitrogens with two attached hydrogens (primary N) is 1. The van der Waals surface area contributed by atoms with Crippen molar-refractivity contribution in [3.05, 3.63) is 47.0 Å². The molecule has 10 nitrogen and oxygen atoms in total. The highest BCUT2D eigenvalue weighted by molar-refractivity contribution is 9.12. The summed E-state index contributed by atoms with van der Waals surface area (Å²) in [4.78, 5) is 36.5. The van der Waals surface area contributed by atoms with Crippen LogP contribution in [-0.4, -0.2) is 39.2 Å². The monoisotopic (exact) mass is 499 g/mol. The maximum Gasteiger partial charge on any atom is 0.272 e. The minimum Gasteiger partial charge on any atom is -0.388 e. The molecule has 0 aliphatic heterocycles. The lowest BCUT2D eigenvalue weighted by atomic mass is 10.3. The molecule has 0 aliphatic rings. The number of aromatic nitrogens is 2. The van der Waals surface area contributed by atoms with Gasteiger partial charge in [0.15, 0.2) is 0 Å². The molecule has 30 heavy (non-hydrogen) atoms. The lowest BCUT2D eigenvalue weighted by molar-refractivity contribution is -0.112. The highest BCUT2D eigenvalue weighted by Gasteiger charge is 2.17. The smallest absolute Gasteiger partial charge is 0.272 e. The summed E-state index contributed by atoms with van der Waals surface area (Å²) in [7, 11) is 3.35. The number of amidine groups is 1. The van der Waals surface area contributed by atoms with Crippen molar-refractivity contribution in [3.8, 4) is 0 Å². The molecule has 0 saturated carbocycles. The van der Waals surface area contributed by atoms with Gasteiger partial charge in [-0.1, -0.05) is 6.58 Å². The fourth-order valence-electron chi connectivity index (χ4n) is 2.51. The number of aryl methyl sites for hydroxylation is 2. The molecule has 0 fully saturated rings. The van der Waals surface area contributed by atoms with Gasteiger partial charge in [-0.2, -0.15) is 0 Å². The van der Waals surface area contributed by atoms with Gasteiger partial charge >= 0.3 is 0 Å². The van der Waals surface area contributed by atoms with Crippen LogP contribution in [0.4, 0.5) is 11.4 Å². The van der Waals surface area contributed by atoms with Crippen LogP contribution in [0.2, 0.25) is 0 Å². The summed E-state index contributed by atoms with van der Waals surface area (Å²) >= 11 is 2.99. The van der Waals surface area contributed by atoms with E-state index in [9.17, 15) is 14.4 Å². The Bertz CT molecular complexity index is 996. The van der Waals surface area contributed by atoms with E-state index in [0.29, 0.717) is 22.8 Å². The molecule has 0 radical (unpaired) electrons. The van der Waals surface area contributed by atoms with Gasteiger partial charge in [0, 0.05) is 39.5 Å². The van der Waals surface area contributed by atoms with Gasteiger partial charge in [-0.3, -0.25) is 19.8 Å². The third-order valence-electron chi connectivity index (χ3n) is 3.92. The van der Waals surface area contributed by atoms with Crippen LogP contribution < -0.4 is 21.7 Å². The zero-order valence-electron chi connectivity index (χ0n) is 16.4. The van der Waals surface area contributed by atoms with E-state index in [1.165, 1.54) is 6.07 Å². The van der Waals surface area contributed by atoms with Crippen molar-refractivity contribution in [1.29, 1.82) is 5.41 Å². The van der Waals surface area contributed by atoms with Gasteiger partial charge in [0.1, 0.15) is 11.4 Å². The van der Waals surface area contributed by atoms with Crippen LogP contribution in [0.1, 0.15) is 27.4 Å². The molecule has 0 spiro atoms. The number of hydrogen-bond donors (Lipinski definition) is 5. The SMILES string of the molecule is C=C(Br)C(=O)Nc1cc(C(=O)Nc2cc(C(=O)NCCC(=N)N)n(C)c2)n(C)c1.Cl. The molecule has 6 N–H and O–H groups in total. The average molecular weight is 501 g/mol. The first kappa shape index (κ1) is 25.0. The highest BCUT2D eigenvalue weighted by Crippen LogP contribution is 2.18. The van der Waals surface area contributed by atoms with E-state index in [4.69, 9.17) is 11.1 Å². The van der Waals surface area contributed by atoms with E-state index in [0.717, 1.165) is 0 Å². The number of halogens is 2. The Hall–Kier alpha value is -3.05. The second-order valence-electron chi connectivity index (χ2n) is 6.29. The second kappa shape index (κ2) is 10.6. The number of carbonyl (C=O) groups excluding carboxylic acids is 3. The van der Waals surface area contributed by atoms with Gasteiger partial charge in [-0.15, -0.1) is 12.4 Å². The Morgan fingerprint density at radius 1 is 1.07 bits per heavy atom. The molecule has 2 rings (SSSR count). The van der Waals surface area contributed by atoms with Gasteiger partial charge in [-0.05, 0) is 28.1 Å². The van der Waals surface area contributed by atoms with E-state index >= 15 is 0 Å². The minimum atomic E-state index is -0.411. The summed E-state index contributed by atoms with van der Waals surface area (Å²) in [5.41, 5.74) is 6.81. The Morgan fingerprint density at radius 2 is 1.57 bits per heavy atom. The fourth-order valence-corrected chi connectivity index (χ4v) is 2.61. The van der Waals surface area contributed by atoms with Crippen LogP contribution in [0.3, 0.4) is 0 Å². The van der Waals surface area contributed by atoms with Crippen molar-refractivity contribution in [2.75, 3.05) is 17.2 Å². The number of carbonyl (C=O) groups is 3. The summed E-state index contributed by atoms with van der Waals surface area (Å²) in [6.45, 7) is 3.74. The van der Waals surface area contributed by atoms with E-state index in [2.05, 4.69) is 38.5 Å². The molecule has 2 aromatic rings. The van der Waals surface area contributed by atoms with Gasteiger partial charge < -0.3 is 30.8 Å². The normalized spacial score (nSPS) is 9.97. The largest absolute Gasteiger partial charge is 0.388 e. The molecule has 0 atom stereocenters. The van der Waals surface area contributed by atoms with Crippen LogP contribution >= 0.6 is 28.3 Å². The van der Waals surface area contributed by atoms with E-state index in [1.54, 1.807) is 41.7 Å². The zero-order valence-corrected chi connectivity index (χ0v) is 18.8. The second-order valence-corrected chi connectivity index (χ2v) is 7.25. The fraction of sp³-hybridized carbons (Fsp3) is 0.222. The maximum absolute atomic E-state index is 12.6. The number of anilines is 2. The highest BCUT2D eigenvalue weighted by atomic mass is 79.9. The summed E-state index contributed by atoms with van der Waals surface area (Å²) in [6, 6.07) is 3.07. The topological polar surface area (TPSA) is 147 Å². The lowest BCUT2D eigenvalue weighted by Crippen LogP contribution is -2.28. The number of rotatable bonds is 8. The molecule has 162 valence electrons. The predicted octanol–water partition coefficient (Wildman–Crippen LogP) is 1.94. The first-order valence-electron chi connectivity index (χ1n) is 8.49. The van der Waals surface area contributed by atoms with Gasteiger partial charge in [0.05, 0.1) is 21.7 Å². The summed E-state index contributed by atoms with van der Waals surface area (Å²) in [5.74, 6) is -1.16. The average Bonchev–Trinajstić information content (AvgIpc) is 3.16. The van der Waals surface area contributed by atoms with Crippen LogP contribution in [-0.2, 0) is 18.9 Å². The van der Waals surface area contributed by atoms with Crippen LogP contribution in [0.25, 0.3) is 0 Å². The molecule has 3 amide bonds. The summed E-state index contributed by atoms with van der Waals surface area (Å²) < 4.78 is 3.32. The molecule has 0 bridgehead atoms. The van der Waals surface area contributed by atoms with E-state index in [1.807, 2.05) is 0 Å².